The number of hydrogen-bond acceptors (Lipinski definition) is 18. The number of sulfonamides is 1. The highest BCUT2D eigenvalue weighted by Gasteiger charge is 2.44. The van der Waals surface area contributed by atoms with E-state index in [0.29, 0.717) is 49.8 Å². The Balaban J connectivity index is 1.60. The molecule has 2 heterocycles. The van der Waals surface area contributed by atoms with E-state index in [4.69, 9.17) is 29.4 Å². The summed E-state index contributed by atoms with van der Waals surface area (Å²) in [6, 6.07) is 3.80. The zero-order valence-electron chi connectivity index (χ0n) is 57.7. The molecule has 0 aliphatic carbocycles. The predicted octanol–water partition coefficient (Wildman–Crippen LogP) is 5.08. The first-order chi connectivity index (χ1) is 43.3. The Morgan fingerprint density at radius 1 is 0.728 bits per heavy atom. The van der Waals surface area contributed by atoms with Gasteiger partial charge in [0, 0.05) is 84.1 Å². The van der Waals surface area contributed by atoms with Crippen LogP contribution in [0.2, 0.25) is 0 Å². The molecule has 0 spiro atoms. The van der Waals surface area contributed by atoms with Gasteiger partial charge in [-0.15, -0.1) is 0 Å². The molecule has 1 aromatic rings. The van der Waals surface area contributed by atoms with Crippen molar-refractivity contribution in [3.63, 3.8) is 0 Å². The van der Waals surface area contributed by atoms with Gasteiger partial charge in [-0.05, 0) is 74.6 Å². The van der Waals surface area contributed by atoms with Gasteiger partial charge in [-0.1, -0.05) is 106 Å². The van der Waals surface area contributed by atoms with Crippen molar-refractivity contribution >= 4 is 68.7 Å². The third-order valence-electron chi connectivity index (χ3n) is 18.0. The van der Waals surface area contributed by atoms with Crippen LogP contribution in [-0.4, -0.2) is 211 Å². The van der Waals surface area contributed by atoms with Gasteiger partial charge in [-0.2, -0.15) is 0 Å². The van der Waals surface area contributed by atoms with Crippen LogP contribution in [0.25, 0.3) is 0 Å². The van der Waals surface area contributed by atoms with Gasteiger partial charge in [-0.3, -0.25) is 62.5 Å². The van der Waals surface area contributed by atoms with Gasteiger partial charge < -0.3 is 44.5 Å². The first-order valence-corrected chi connectivity index (χ1v) is 34.6. The van der Waals surface area contributed by atoms with Crippen LogP contribution < -0.4 is 15.8 Å². The summed E-state index contributed by atoms with van der Waals surface area (Å²) >= 11 is 0. The molecule has 25 heteroatoms. The number of carbonyl (C=O) groups excluding carboxylic acids is 10. The van der Waals surface area contributed by atoms with E-state index in [1.54, 1.807) is 42.8 Å². The number of primary amides is 1. The monoisotopic (exact) mass is 1320 g/mol. The van der Waals surface area contributed by atoms with Crippen molar-refractivity contribution in [2.45, 2.75) is 195 Å². The molecule has 1 aromatic carbocycles. The van der Waals surface area contributed by atoms with Crippen LogP contribution >= 0.6 is 0 Å². The molecule has 2 fully saturated rings. The number of rotatable bonds is 46. The van der Waals surface area contributed by atoms with Gasteiger partial charge in [0.2, 0.25) is 51.4 Å². The predicted molar refractivity (Wildman–Crippen MR) is 347 cm³/mol. The van der Waals surface area contributed by atoms with E-state index < -0.39 is 81.6 Å². The van der Waals surface area contributed by atoms with E-state index >= 15 is 0 Å². The summed E-state index contributed by atoms with van der Waals surface area (Å²) in [6.45, 7) is 20.6. The van der Waals surface area contributed by atoms with Crippen molar-refractivity contribution in [2.75, 3.05) is 88.1 Å². The van der Waals surface area contributed by atoms with Gasteiger partial charge in [0.25, 0.3) is 0 Å². The molecule has 2 aliphatic heterocycles. The summed E-state index contributed by atoms with van der Waals surface area (Å²) in [7, 11) is 4.07. The highest BCUT2D eigenvalue weighted by molar-refractivity contribution is 7.89. The number of imide groups is 1. The summed E-state index contributed by atoms with van der Waals surface area (Å²) in [5, 5.41) is 2.87. The fraction of sp³-hybridized carbons (Fsp3) is 0.761. The van der Waals surface area contributed by atoms with Gasteiger partial charge in [0.05, 0.1) is 101 Å². The number of hydrogen-bond donors (Lipinski definition) is 3. The largest absolute Gasteiger partial charge is 0.379 e. The molecule has 522 valence electrons. The van der Waals surface area contributed by atoms with Crippen LogP contribution in [0.5, 0.6) is 0 Å². The second kappa shape index (κ2) is 40.0. The van der Waals surface area contributed by atoms with E-state index in [1.165, 1.54) is 31.3 Å². The number of ketones is 3. The molecule has 11 atom stereocenters. The number of benzene rings is 1. The summed E-state index contributed by atoms with van der Waals surface area (Å²) in [6.07, 6.45) is 1.23. The Hall–Kier alpha value is -5.57. The summed E-state index contributed by atoms with van der Waals surface area (Å²) in [4.78, 5) is 139. The molecule has 7 amide bonds. The number of nitrogens with two attached hydrogens (primary N) is 1. The highest BCUT2D eigenvalue weighted by atomic mass is 32.2. The second-order valence-electron chi connectivity index (χ2n) is 26.4. The number of methoxy groups -OCH3 is 2. The van der Waals surface area contributed by atoms with Crippen molar-refractivity contribution < 1.29 is 80.0 Å². The third kappa shape index (κ3) is 25.6. The number of likely N-dealkylation sites (N-methyl/N-ethyl adjacent to an activating group) is 2. The summed E-state index contributed by atoms with van der Waals surface area (Å²) in [5.41, 5.74) is 6.21. The first kappa shape index (κ1) is 80.7. The number of amides is 7. The van der Waals surface area contributed by atoms with Gasteiger partial charge in [0.15, 0.2) is 11.6 Å². The van der Waals surface area contributed by atoms with Crippen molar-refractivity contribution in [3.05, 3.63) is 35.4 Å². The van der Waals surface area contributed by atoms with E-state index in [-0.39, 0.29) is 174 Å². The molecule has 0 aromatic heterocycles. The molecule has 0 saturated carbocycles. The topological polar surface area (TPSA) is 314 Å². The zero-order chi connectivity index (χ0) is 69.2. The molecule has 24 nitrogen and oxygen atoms in total. The fourth-order valence-corrected chi connectivity index (χ4v) is 13.7. The molecule has 4 N–H and O–H groups in total. The molecule has 0 radical (unpaired) electrons. The average Bonchev–Trinajstić information content (AvgIpc) is 1.44. The number of unbranched alkanes of at least 4 members (excludes halogenated alkanes) is 1. The van der Waals surface area contributed by atoms with Gasteiger partial charge in [-0.25, -0.2) is 8.42 Å². The molecule has 0 bridgehead atoms. The number of likely N-dealkylation sites (tertiary alicyclic amines) is 2. The molecule has 2 saturated heterocycles. The van der Waals surface area contributed by atoms with Crippen molar-refractivity contribution in [1.29, 1.82) is 0 Å². The quantitative estimate of drug-likeness (QED) is 0.0566. The number of Topliss-reactive ketones (excluding diaryl/α,β-unsaturated/α-hetero) is 3. The molecular formula is C67H111N7O17S. The fourth-order valence-electron chi connectivity index (χ4n) is 12.5. The minimum atomic E-state index is -4.29. The number of nitrogens with one attached hydrogen (secondary N) is 2. The van der Waals surface area contributed by atoms with Crippen LogP contribution in [0.15, 0.2) is 24.3 Å². The lowest BCUT2D eigenvalue weighted by Crippen LogP contribution is -2.54. The van der Waals surface area contributed by atoms with Crippen LogP contribution in [0.1, 0.15) is 157 Å². The zero-order valence-corrected chi connectivity index (χ0v) is 58.5. The second-order valence-corrected chi connectivity index (χ2v) is 28.1. The molecular weight excluding hydrogens is 1210 g/mol. The summed E-state index contributed by atoms with van der Waals surface area (Å²) < 4.78 is 58.0. The Morgan fingerprint density at radius 3 is 1.86 bits per heavy atom. The van der Waals surface area contributed by atoms with E-state index in [1.807, 2.05) is 74.4 Å². The Kier molecular flexibility index (Phi) is 35.0. The minimum Gasteiger partial charge on any atom is -0.379 e. The highest BCUT2D eigenvalue weighted by Crippen LogP contribution is 2.32. The van der Waals surface area contributed by atoms with E-state index in [2.05, 4.69) is 10.0 Å². The average molecular weight is 1320 g/mol. The number of ether oxygens (including phenoxy) is 5. The smallest absolute Gasteiger partial charge is 0.239 e. The van der Waals surface area contributed by atoms with E-state index in [0.717, 1.165) is 0 Å². The number of carbonyl (C=O) groups is 10. The van der Waals surface area contributed by atoms with Crippen molar-refractivity contribution in [3.8, 4) is 0 Å². The molecule has 3 rings (SSSR count). The minimum absolute atomic E-state index is 0.00772. The van der Waals surface area contributed by atoms with Crippen LogP contribution in [-0.2, 0) is 93.8 Å². The normalized spacial score (nSPS) is 18.4. The maximum atomic E-state index is 14.5. The van der Waals surface area contributed by atoms with Crippen LogP contribution in [0.4, 0.5) is 0 Å². The maximum absolute atomic E-state index is 14.5. The van der Waals surface area contributed by atoms with E-state index in [9.17, 15) is 56.4 Å². The standard InChI is InChI=1S/C67H111N7O17S/c1-16-45(8)62(72(13)67(84)52(43(4)5)39-56(77)61(44(6)7)71(11)12)57(87-14)40-60(80)73-28-19-21-54(73)63(88-15)47(10)64(81)70-92(85,86)41-49-25-23-48(24-26-49)37-55(76)53(20-17-18-22-58(68)78)69-65(82)51(42(2)3)38-50(75)27-30-89-32-34-91-35-33-90-31-29-74-59(79)36-46(9)66(74)83/h23-26,42-47,51-54,57,61-63H,16-22,27-41H2,1-15H3,(H2,68,78)(H,69,82)(H,70,81)/t45-,46?,47+,51-,52-,53-,54-,57+,61-,62-,63?/m0/s1. The lowest BCUT2D eigenvalue weighted by Gasteiger charge is -2.41. The first-order valence-electron chi connectivity index (χ1n) is 32.9. The summed E-state index contributed by atoms with van der Waals surface area (Å²) in [5.74, 6) is -6.94. The van der Waals surface area contributed by atoms with Gasteiger partial charge in [0.1, 0.15) is 5.78 Å². The Labute approximate surface area is 547 Å². The third-order valence-corrected chi connectivity index (χ3v) is 19.2. The lowest BCUT2D eigenvalue weighted by atomic mass is 9.83. The number of nitrogens with zero attached hydrogens (tertiary/aromatic N) is 4. The SMILES string of the molecule is CC[C@H](C)[C@@H]([C@@H](CC(=O)N1CCC[C@H]1C(OC)[C@@H](C)C(=O)NS(=O)(=O)Cc1ccc(CC(=O)[C@H](CCCCC(N)=O)NC(=O)[C@@H](CC(=O)CCOCCOCCOCCN2C(=O)CC(C)C2=O)C(C)C)cc1)OC)N(C)C(=O)[C@@H](CC(=O)[C@H](C(C)C)N(C)C)C(C)C. The van der Waals surface area contributed by atoms with Crippen molar-refractivity contribution in [2.24, 2.45) is 53.1 Å². The van der Waals surface area contributed by atoms with Crippen LogP contribution in [0.3, 0.4) is 0 Å². The maximum Gasteiger partial charge on any atom is 0.239 e. The Morgan fingerprint density at radius 2 is 1.33 bits per heavy atom. The molecule has 2 aliphatic rings. The van der Waals surface area contributed by atoms with Crippen LogP contribution in [0, 0.1) is 47.3 Å². The van der Waals surface area contributed by atoms with Gasteiger partial charge >= 0.3 is 0 Å². The lowest BCUT2D eigenvalue weighted by molar-refractivity contribution is -0.149. The molecule has 2 unspecified atom stereocenters. The molecule has 92 heavy (non-hydrogen) atoms. The van der Waals surface area contributed by atoms with Crippen molar-refractivity contribution in [1.82, 2.24) is 29.6 Å². The Bertz CT molecular complexity index is 2680.